The van der Waals surface area contributed by atoms with Crippen molar-refractivity contribution in [2.75, 3.05) is 40.3 Å². The predicted molar refractivity (Wildman–Crippen MR) is 269 cm³/mol. The van der Waals surface area contributed by atoms with Gasteiger partial charge in [-0.2, -0.15) is 21.0 Å². The van der Waals surface area contributed by atoms with Gasteiger partial charge < -0.3 is 4.90 Å². The van der Waals surface area contributed by atoms with Gasteiger partial charge in [0.05, 0.1) is 46.5 Å². The van der Waals surface area contributed by atoms with Crippen LogP contribution in [0.1, 0.15) is 97.8 Å². The van der Waals surface area contributed by atoms with Crippen molar-refractivity contribution in [3.8, 4) is 24.3 Å². The summed E-state index contributed by atoms with van der Waals surface area (Å²) in [4.78, 5) is 81.8. The molecule has 14 heteroatoms. The van der Waals surface area contributed by atoms with Gasteiger partial charge in [0.1, 0.15) is 17.8 Å². The van der Waals surface area contributed by atoms with Gasteiger partial charge in [-0.25, -0.2) is 8.78 Å². The molecule has 0 aromatic heterocycles. The van der Waals surface area contributed by atoms with E-state index in [-0.39, 0.29) is 81.8 Å². The van der Waals surface area contributed by atoms with Crippen LogP contribution in [0.15, 0.2) is 133 Å². The van der Waals surface area contributed by atoms with Crippen molar-refractivity contribution >= 4 is 29.0 Å². The van der Waals surface area contributed by atoms with Gasteiger partial charge >= 0.3 is 0 Å². The second kappa shape index (κ2) is 21.9. The standard InChI is InChI=1S/C60H49F2N7O5/c1-35-43(21-11-23-51(35)61)53-47(55(70)39-17-9-13-37(25-39)27-63)31-68(32-48(53)56(71)40-18-10-14-38(26-40)28-64)59(60(74)67(3)4)69-33-49(57(72)45-19-7-5-15-41(45)29-65)54(44-22-12-24-52(62)36(44)2)50(34-69)58(73)46-20-8-6-16-42(46)30-66/h5-26,47-50,53-54,59H,31-34H2,1-4H3/t47-,48+,49-,50+,53?,54?,59?. The molecule has 0 saturated carbocycles. The van der Waals surface area contributed by atoms with Gasteiger partial charge in [0.15, 0.2) is 23.1 Å². The van der Waals surface area contributed by atoms with E-state index in [1.54, 1.807) is 72.2 Å². The van der Waals surface area contributed by atoms with E-state index in [0.717, 1.165) is 0 Å². The monoisotopic (exact) mass is 985 g/mol. The molecule has 2 fully saturated rings. The molecule has 74 heavy (non-hydrogen) atoms. The van der Waals surface area contributed by atoms with Crippen LogP contribution in [0.5, 0.6) is 0 Å². The number of hydrogen-bond acceptors (Lipinski definition) is 11. The van der Waals surface area contributed by atoms with Crippen molar-refractivity contribution in [3.63, 3.8) is 0 Å². The Kier molecular flexibility index (Phi) is 15.3. The van der Waals surface area contributed by atoms with Gasteiger partial charge in [-0.1, -0.05) is 84.9 Å². The highest BCUT2D eigenvalue weighted by Crippen LogP contribution is 2.47. The number of nitrogens with zero attached hydrogens (tertiary/aromatic N) is 7. The van der Waals surface area contributed by atoms with Crippen LogP contribution in [0.4, 0.5) is 8.78 Å². The maximum absolute atomic E-state index is 15.8. The second-order valence-corrected chi connectivity index (χ2v) is 19.1. The normalized spacial score (nSPS) is 20.1. The number of likely N-dealkylation sites (tertiary alicyclic amines) is 2. The van der Waals surface area contributed by atoms with Crippen LogP contribution in [-0.4, -0.2) is 90.2 Å². The molecule has 0 N–H and O–H groups in total. The summed E-state index contributed by atoms with van der Waals surface area (Å²) < 4.78 is 31.6. The van der Waals surface area contributed by atoms with E-state index in [4.69, 9.17) is 0 Å². The number of Topliss-reactive ketones (excluding diaryl/α,β-unsaturated/α-hetero) is 4. The van der Waals surface area contributed by atoms with Gasteiger partial charge in [0.25, 0.3) is 5.91 Å². The van der Waals surface area contributed by atoms with E-state index in [1.807, 2.05) is 0 Å². The van der Waals surface area contributed by atoms with Crippen molar-refractivity contribution in [1.29, 1.82) is 21.0 Å². The quantitative estimate of drug-likeness (QED) is 0.100. The largest absolute Gasteiger partial charge is 0.346 e. The SMILES string of the molecule is Cc1c(F)cccc1C1[C@@H](C(=O)c2cccc(C#N)c2)CN(C(C(=O)N(C)C)N2C[C@H](C(=O)c3ccccc3C#N)C(c3cccc(F)c3C)[C@H](C(=O)c3ccccc3C#N)C2)C[C@H]1C(=O)c1cccc(C#N)c1. The van der Waals surface area contributed by atoms with Crippen molar-refractivity contribution in [1.82, 2.24) is 14.7 Å². The van der Waals surface area contributed by atoms with Crippen LogP contribution < -0.4 is 0 Å². The highest BCUT2D eigenvalue weighted by molar-refractivity contribution is 6.05. The molecule has 8 rings (SSSR count). The first-order valence-electron chi connectivity index (χ1n) is 24.0. The summed E-state index contributed by atoms with van der Waals surface area (Å²) in [6.07, 6.45) is -1.43. The number of piperidine rings is 2. The first kappa shape index (κ1) is 51.6. The Balaban J connectivity index is 1.37. The molecule has 2 saturated heterocycles. The fourth-order valence-corrected chi connectivity index (χ4v) is 11.1. The van der Waals surface area contributed by atoms with Gasteiger partial charge in [-0.05, 0) is 84.6 Å². The molecule has 2 aliphatic heterocycles. The van der Waals surface area contributed by atoms with Gasteiger partial charge in [0.2, 0.25) is 0 Å². The van der Waals surface area contributed by atoms with Crippen LogP contribution in [0.3, 0.4) is 0 Å². The first-order chi connectivity index (χ1) is 35.6. The number of rotatable bonds is 13. The first-order valence-corrected chi connectivity index (χ1v) is 24.0. The molecule has 7 atom stereocenters. The van der Waals surface area contributed by atoms with Crippen molar-refractivity contribution in [3.05, 3.63) is 212 Å². The molecule has 12 nitrogen and oxygen atoms in total. The van der Waals surface area contributed by atoms with E-state index in [0.29, 0.717) is 11.1 Å². The molecular formula is C60H49F2N7O5. The van der Waals surface area contributed by atoms with E-state index in [1.165, 1.54) is 104 Å². The van der Waals surface area contributed by atoms with Gasteiger partial charge in [-0.3, -0.25) is 33.8 Å². The zero-order valence-electron chi connectivity index (χ0n) is 41.0. The van der Waals surface area contributed by atoms with E-state index >= 15 is 32.8 Å². The lowest BCUT2D eigenvalue weighted by molar-refractivity contribution is -0.146. The van der Waals surface area contributed by atoms with Crippen LogP contribution >= 0.6 is 0 Å². The van der Waals surface area contributed by atoms with Gasteiger partial charge in [0, 0.05) is 98.0 Å². The summed E-state index contributed by atoms with van der Waals surface area (Å²) in [7, 11) is 3.04. The number of likely N-dealkylation sites (N-methyl/N-ethyl adjacent to an activating group) is 1. The predicted octanol–water partition coefficient (Wildman–Crippen LogP) is 8.98. The third kappa shape index (κ3) is 9.90. The zero-order chi connectivity index (χ0) is 53.0. The Morgan fingerprint density at radius 3 is 1.23 bits per heavy atom. The lowest BCUT2D eigenvalue weighted by Gasteiger charge is -2.52. The van der Waals surface area contributed by atoms with Gasteiger partial charge in [-0.15, -0.1) is 0 Å². The molecular weight excluding hydrogens is 937 g/mol. The molecule has 0 spiro atoms. The molecule has 1 amide bonds. The highest BCUT2D eigenvalue weighted by Gasteiger charge is 2.53. The molecule has 2 aliphatic rings. The topological polar surface area (TPSA) is 190 Å². The van der Waals surface area contributed by atoms with Crippen molar-refractivity contribution in [2.24, 2.45) is 23.7 Å². The van der Waals surface area contributed by atoms with Crippen LogP contribution in [-0.2, 0) is 4.79 Å². The minimum Gasteiger partial charge on any atom is -0.346 e. The molecule has 0 radical (unpaired) electrons. The lowest BCUT2D eigenvalue weighted by atomic mass is 9.66. The average molecular weight is 986 g/mol. The minimum atomic E-state index is -1.43. The van der Waals surface area contributed by atoms with Crippen LogP contribution in [0.25, 0.3) is 0 Å². The van der Waals surface area contributed by atoms with E-state index in [2.05, 4.69) is 24.3 Å². The lowest BCUT2D eigenvalue weighted by Crippen LogP contribution is -2.65. The molecule has 0 bridgehead atoms. The minimum absolute atomic E-state index is 0.0295. The summed E-state index contributed by atoms with van der Waals surface area (Å²) in [6, 6.07) is 41.6. The molecule has 6 aromatic carbocycles. The van der Waals surface area contributed by atoms with E-state index < -0.39 is 82.3 Å². The fourth-order valence-electron chi connectivity index (χ4n) is 11.1. The number of benzene rings is 6. The third-order valence-electron chi connectivity index (χ3n) is 14.7. The Labute approximate surface area is 427 Å². The molecule has 368 valence electrons. The second-order valence-electron chi connectivity index (χ2n) is 19.1. The maximum atomic E-state index is 15.8. The Hall–Kier alpha value is -8.79. The number of amides is 1. The number of hydrogen-bond donors (Lipinski definition) is 0. The number of carbonyl (C=O) groups excluding carboxylic acids is 5. The number of nitriles is 4. The van der Waals surface area contributed by atoms with E-state index in [9.17, 15) is 21.0 Å². The number of carbonyl (C=O) groups is 5. The van der Waals surface area contributed by atoms with Crippen molar-refractivity contribution in [2.45, 2.75) is 31.8 Å². The fraction of sp³-hybridized carbons (Fsp3) is 0.250. The Morgan fingerprint density at radius 2 is 0.865 bits per heavy atom. The molecule has 0 aliphatic carbocycles. The highest BCUT2D eigenvalue weighted by atomic mass is 19.1. The third-order valence-corrected chi connectivity index (χ3v) is 14.7. The Morgan fingerprint density at radius 1 is 0.500 bits per heavy atom. The summed E-state index contributed by atoms with van der Waals surface area (Å²) in [6.45, 7) is 2.10. The Bertz CT molecular complexity index is 3260. The molecule has 3 unspecified atom stereocenters. The molecule has 6 aromatic rings. The summed E-state index contributed by atoms with van der Waals surface area (Å²) >= 11 is 0. The smallest absolute Gasteiger partial charge is 0.254 e. The number of ketones is 4. The maximum Gasteiger partial charge on any atom is 0.254 e. The summed E-state index contributed by atoms with van der Waals surface area (Å²) in [5.74, 6) is -11.0. The van der Waals surface area contributed by atoms with Crippen LogP contribution in [0.2, 0.25) is 0 Å². The van der Waals surface area contributed by atoms with Crippen LogP contribution in [0, 0.1) is 94.5 Å². The number of halogens is 2. The zero-order valence-corrected chi connectivity index (χ0v) is 41.0. The average Bonchev–Trinajstić information content (AvgIpc) is 3.43. The molecule has 2 heterocycles. The summed E-state index contributed by atoms with van der Waals surface area (Å²) in [5.41, 5.74) is 1.81. The van der Waals surface area contributed by atoms with Crippen molar-refractivity contribution < 1.29 is 32.8 Å². The summed E-state index contributed by atoms with van der Waals surface area (Å²) in [5, 5.41) is 40.5.